The van der Waals surface area contributed by atoms with E-state index in [4.69, 9.17) is 9.47 Å². The van der Waals surface area contributed by atoms with Crippen molar-refractivity contribution >= 4 is 11.9 Å². The molecule has 0 amide bonds. The molecule has 4 rings (SSSR count). The molecule has 4 aliphatic rings. The largest absolute Gasteiger partial charge is 0.457 e. The zero-order chi connectivity index (χ0) is 13.3. The van der Waals surface area contributed by atoms with E-state index in [1.807, 2.05) is 13.0 Å². The molecule has 2 aliphatic carbocycles. The molecular formula is C15H14O4. The van der Waals surface area contributed by atoms with Crippen LogP contribution in [-0.2, 0) is 19.1 Å². The first-order valence-corrected chi connectivity index (χ1v) is 6.60. The van der Waals surface area contributed by atoms with Crippen molar-refractivity contribution in [2.75, 3.05) is 0 Å². The van der Waals surface area contributed by atoms with Gasteiger partial charge in [-0.15, -0.1) is 0 Å². The summed E-state index contributed by atoms with van der Waals surface area (Å²) >= 11 is 0. The summed E-state index contributed by atoms with van der Waals surface area (Å²) in [7, 11) is 0. The van der Waals surface area contributed by atoms with E-state index in [1.165, 1.54) is 0 Å². The summed E-state index contributed by atoms with van der Waals surface area (Å²) in [5.41, 5.74) is 3.50. The van der Waals surface area contributed by atoms with Crippen LogP contribution in [0.2, 0.25) is 0 Å². The predicted octanol–water partition coefficient (Wildman–Crippen LogP) is 1.68. The molecule has 0 aromatic carbocycles. The number of carbonyl (C=O) groups excluding carboxylic acids is 2. The highest BCUT2D eigenvalue weighted by atomic mass is 16.6. The molecule has 0 aromatic heterocycles. The summed E-state index contributed by atoms with van der Waals surface area (Å²) in [6, 6.07) is 0. The lowest BCUT2D eigenvalue weighted by atomic mass is 9.83. The van der Waals surface area contributed by atoms with Gasteiger partial charge in [-0.1, -0.05) is 12.2 Å². The second-order valence-corrected chi connectivity index (χ2v) is 5.69. The van der Waals surface area contributed by atoms with Gasteiger partial charge in [0, 0.05) is 23.0 Å². The van der Waals surface area contributed by atoms with Crippen molar-refractivity contribution in [3.63, 3.8) is 0 Å². The summed E-state index contributed by atoms with van der Waals surface area (Å²) in [5.74, 6) is -0.466. The Morgan fingerprint density at radius 3 is 2.84 bits per heavy atom. The van der Waals surface area contributed by atoms with E-state index < -0.39 is 0 Å². The molecule has 0 N–H and O–H groups in total. The summed E-state index contributed by atoms with van der Waals surface area (Å²) in [6.45, 7) is 5.87. The average Bonchev–Trinajstić information content (AvgIpc) is 2.86. The highest BCUT2D eigenvalue weighted by Crippen LogP contribution is 2.51. The molecule has 1 fully saturated rings. The smallest absolute Gasteiger partial charge is 0.335 e. The van der Waals surface area contributed by atoms with E-state index in [0.717, 1.165) is 23.1 Å². The Hall–Kier alpha value is -1.84. The van der Waals surface area contributed by atoms with Crippen LogP contribution in [0.1, 0.15) is 19.8 Å². The highest BCUT2D eigenvalue weighted by molar-refractivity contribution is 5.95. The van der Waals surface area contributed by atoms with Crippen LogP contribution < -0.4 is 0 Å². The van der Waals surface area contributed by atoms with Crippen molar-refractivity contribution in [1.29, 1.82) is 0 Å². The quantitative estimate of drug-likeness (QED) is 0.377. The third kappa shape index (κ3) is 1.24. The van der Waals surface area contributed by atoms with Gasteiger partial charge in [-0.25, -0.2) is 9.59 Å². The first kappa shape index (κ1) is 11.0. The van der Waals surface area contributed by atoms with Gasteiger partial charge < -0.3 is 9.47 Å². The summed E-state index contributed by atoms with van der Waals surface area (Å²) in [5, 5.41) is 0. The first-order valence-electron chi connectivity index (χ1n) is 6.60. The van der Waals surface area contributed by atoms with Gasteiger partial charge in [0.05, 0.1) is 0 Å². The maximum atomic E-state index is 11.9. The number of rotatable bonds is 0. The SMILES string of the molecule is C=C1C(=O)O[C@@H]2[C@H]3C(C)=C[C@@H]4OC(=O)C(=C34)CC[C@@H]12. The maximum Gasteiger partial charge on any atom is 0.335 e. The van der Waals surface area contributed by atoms with Crippen molar-refractivity contribution in [2.45, 2.75) is 32.0 Å². The Bertz CT molecular complexity index is 595. The minimum absolute atomic E-state index is 0.00199. The molecule has 0 aromatic rings. The molecular weight excluding hydrogens is 244 g/mol. The average molecular weight is 258 g/mol. The van der Waals surface area contributed by atoms with Crippen LogP contribution in [-0.4, -0.2) is 24.1 Å². The summed E-state index contributed by atoms with van der Waals surface area (Å²) in [6.07, 6.45) is 2.92. The Balaban J connectivity index is 1.85. The van der Waals surface area contributed by atoms with Crippen LogP contribution in [0, 0.1) is 11.8 Å². The fraction of sp³-hybridized carbons (Fsp3) is 0.467. The van der Waals surface area contributed by atoms with Gasteiger partial charge in [0.1, 0.15) is 12.2 Å². The highest BCUT2D eigenvalue weighted by Gasteiger charge is 2.53. The molecule has 0 saturated carbocycles. The lowest BCUT2D eigenvalue weighted by Gasteiger charge is -2.23. The molecule has 4 heteroatoms. The molecule has 2 heterocycles. The number of esters is 2. The van der Waals surface area contributed by atoms with Crippen molar-refractivity contribution < 1.29 is 19.1 Å². The topological polar surface area (TPSA) is 52.6 Å². The lowest BCUT2D eigenvalue weighted by Crippen LogP contribution is -2.27. The van der Waals surface area contributed by atoms with E-state index >= 15 is 0 Å². The van der Waals surface area contributed by atoms with Gasteiger partial charge in [0.15, 0.2) is 0 Å². The molecule has 4 atom stereocenters. The summed E-state index contributed by atoms with van der Waals surface area (Å²) < 4.78 is 10.9. The minimum Gasteiger partial charge on any atom is -0.457 e. The van der Waals surface area contributed by atoms with Gasteiger partial charge >= 0.3 is 11.9 Å². The van der Waals surface area contributed by atoms with E-state index in [0.29, 0.717) is 12.0 Å². The van der Waals surface area contributed by atoms with E-state index in [2.05, 4.69) is 6.58 Å². The Kier molecular flexibility index (Phi) is 1.96. The van der Waals surface area contributed by atoms with Crippen LogP contribution in [0.15, 0.2) is 34.9 Å². The molecule has 4 nitrogen and oxygen atoms in total. The number of carbonyl (C=O) groups is 2. The maximum absolute atomic E-state index is 11.9. The normalized spacial score (nSPS) is 39.6. The van der Waals surface area contributed by atoms with Crippen LogP contribution in [0.5, 0.6) is 0 Å². The molecule has 0 radical (unpaired) electrons. The number of hydrogen-bond donors (Lipinski definition) is 0. The molecule has 19 heavy (non-hydrogen) atoms. The molecule has 2 aliphatic heterocycles. The third-order valence-electron chi connectivity index (χ3n) is 4.76. The standard InChI is InChI=1S/C15H14O4/c1-6-5-10-12-9(15(17)18-10)4-3-8-7(2)14(16)19-13(8)11(6)12/h5,8,10-11,13H,2-4H2,1H3/t8-,10-,11-,13-/m0/s1. The number of fused-ring (bicyclic) bond motifs is 2. The van der Waals surface area contributed by atoms with Crippen molar-refractivity contribution in [3.8, 4) is 0 Å². The Labute approximate surface area is 110 Å². The van der Waals surface area contributed by atoms with Crippen LogP contribution in [0.3, 0.4) is 0 Å². The predicted molar refractivity (Wildman–Crippen MR) is 65.9 cm³/mol. The van der Waals surface area contributed by atoms with E-state index in [1.54, 1.807) is 0 Å². The van der Waals surface area contributed by atoms with E-state index in [-0.39, 0.29) is 36.0 Å². The zero-order valence-corrected chi connectivity index (χ0v) is 10.6. The van der Waals surface area contributed by atoms with Crippen LogP contribution >= 0.6 is 0 Å². The molecule has 0 spiro atoms. The molecule has 1 saturated heterocycles. The van der Waals surface area contributed by atoms with Gasteiger partial charge in [-0.05, 0) is 31.4 Å². The minimum atomic E-state index is -0.291. The van der Waals surface area contributed by atoms with Crippen LogP contribution in [0.25, 0.3) is 0 Å². The zero-order valence-electron chi connectivity index (χ0n) is 10.6. The fourth-order valence-corrected chi connectivity index (χ4v) is 3.87. The summed E-state index contributed by atoms with van der Waals surface area (Å²) in [4.78, 5) is 23.6. The van der Waals surface area contributed by atoms with Crippen LogP contribution in [0.4, 0.5) is 0 Å². The molecule has 98 valence electrons. The van der Waals surface area contributed by atoms with Gasteiger partial charge in [0.25, 0.3) is 0 Å². The molecule has 0 bridgehead atoms. The monoisotopic (exact) mass is 258 g/mol. The van der Waals surface area contributed by atoms with E-state index in [9.17, 15) is 9.59 Å². The van der Waals surface area contributed by atoms with Crippen molar-refractivity contribution in [2.24, 2.45) is 11.8 Å². The lowest BCUT2D eigenvalue weighted by molar-refractivity contribution is -0.141. The van der Waals surface area contributed by atoms with Gasteiger partial charge in [0.2, 0.25) is 0 Å². The fourth-order valence-electron chi connectivity index (χ4n) is 3.87. The van der Waals surface area contributed by atoms with Crippen molar-refractivity contribution in [3.05, 3.63) is 34.9 Å². The second kappa shape index (κ2) is 3.38. The Morgan fingerprint density at radius 2 is 2.05 bits per heavy atom. The number of ether oxygens (including phenoxy) is 2. The third-order valence-corrected chi connectivity index (χ3v) is 4.76. The van der Waals surface area contributed by atoms with Gasteiger partial charge in [-0.2, -0.15) is 0 Å². The first-order chi connectivity index (χ1) is 9.08. The second-order valence-electron chi connectivity index (χ2n) is 5.69. The van der Waals surface area contributed by atoms with Gasteiger partial charge in [-0.3, -0.25) is 0 Å². The number of hydrogen-bond acceptors (Lipinski definition) is 4. The van der Waals surface area contributed by atoms with Crippen molar-refractivity contribution in [1.82, 2.24) is 0 Å². The molecule has 0 unspecified atom stereocenters. The Morgan fingerprint density at radius 1 is 1.26 bits per heavy atom.